The number of rotatable bonds is 2. The zero-order chi connectivity index (χ0) is 8.27. The molecule has 0 bridgehead atoms. The molecule has 6 heteroatoms. The Morgan fingerprint density at radius 2 is 1.91 bits per heavy atom. The van der Waals surface area contributed by atoms with Crippen LogP contribution in [0.15, 0.2) is 0 Å². The number of piperazine rings is 1. The Morgan fingerprint density at radius 1 is 1.36 bits per heavy atom. The van der Waals surface area contributed by atoms with Crippen LogP contribution in [0.4, 0.5) is 0 Å². The summed E-state index contributed by atoms with van der Waals surface area (Å²) in [7, 11) is 2.02. The number of likely N-dealkylation sites (N-methyl/N-ethyl adjacent to an activating group) is 1. The average molecular weight is 161 g/mol. The lowest BCUT2D eigenvalue weighted by Gasteiger charge is -2.28. The van der Waals surface area contributed by atoms with Crippen LogP contribution < -0.4 is 5.53 Å². The van der Waals surface area contributed by atoms with Gasteiger partial charge in [-0.3, -0.25) is 0 Å². The predicted molar refractivity (Wildman–Crippen MR) is 37.6 cm³/mol. The van der Waals surface area contributed by atoms with Crippen LogP contribution in [-0.2, 0) is 0 Å². The SMILES string of the molecule is CN1CCN(N[N+](=O)O)CC1. The quantitative estimate of drug-likeness (QED) is 0.499. The van der Waals surface area contributed by atoms with Crippen LogP contribution in [-0.4, -0.2) is 53.4 Å². The normalized spacial score (nSPS) is 21.5. The third-order valence-corrected chi connectivity index (χ3v) is 1.73. The molecular weight excluding hydrogens is 148 g/mol. The molecule has 0 saturated carbocycles. The third-order valence-electron chi connectivity index (χ3n) is 1.73. The fraction of sp³-hybridized carbons (Fsp3) is 1.00. The topological polar surface area (TPSA) is 58.8 Å². The van der Waals surface area contributed by atoms with E-state index < -0.39 is 0 Å². The molecule has 2 N–H and O–H groups in total. The lowest BCUT2D eigenvalue weighted by atomic mass is 10.4. The van der Waals surface area contributed by atoms with Gasteiger partial charge in [0.2, 0.25) is 0 Å². The lowest BCUT2D eigenvalue weighted by Crippen LogP contribution is -2.52. The molecule has 1 saturated heterocycles. The Morgan fingerprint density at radius 3 is 2.36 bits per heavy atom. The van der Waals surface area contributed by atoms with Crippen molar-refractivity contribution in [3.8, 4) is 0 Å². The minimum atomic E-state index is -0.272. The molecule has 64 valence electrons. The van der Waals surface area contributed by atoms with E-state index >= 15 is 0 Å². The molecule has 1 aliphatic rings. The molecule has 0 aromatic carbocycles. The standard InChI is InChI=1S/C5H13N4O2/c1-7-2-4-8(5-3-7)6-9(10)11/h6H,2-5H2,1H3,(H,10,11)/q+1. The van der Waals surface area contributed by atoms with Crippen LogP contribution in [0, 0.1) is 4.91 Å². The molecule has 0 aromatic heterocycles. The van der Waals surface area contributed by atoms with E-state index in [0.717, 1.165) is 26.2 Å². The van der Waals surface area contributed by atoms with Crippen molar-refractivity contribution in [2.24, 2.45) is 0 Å². The molecule has 0 unspecified atom stereocenters. The summed E-state index contributed by atoms with van der Waals surface area (Å²) in [6.45, 7) is 3.30. The first-order valence-electron chi connectivity index (χ1n) is 3.54. The van der Waals surface area contributed by atoms with Crippen molar-refractivity contribution in [3.05, 3.63) is 4.91 Å². The maximum Gasteiger partial charge on any atom is 0.370 e. The Bertz CT molecular complexity index is 143. The number of hydrogen-bond acceptors (Lipinski definition) is 3. The van der Waals surface area contributed by atoms with E-state index in [2.05, 4.69) is 10.4 Å². The van der Waals surface area contributed by atoms with E-state index in [0.29, 0.717) is 0 Å². The molecule has 1 rings (SSSR count). The van der Waals surface area contributed by atoms with E-state index in [9.17, 15) is 4.91 Å². The minimum Gasteiger partial charge on any atom is -0.304 e. The van der Waals surface area contributed by atoms with Gasteiger partial charge >= 0.3 is 5.03 Å². The number of nitrogens with zero attached hydrogens (tertiary/aromatic N) is 3. The number of nitrogens with one attached hydrogen (secondary N) is 1. The van der Waals surface area contributed by atoms with Crippen LogP contribution in [0.3, 0.4) is 0 Å². The number of hydrogen-bond donors (Lipinski definition) is 2. The molecule has 0 aliphatic carbocycles. The van der Waals surface area contributed by atoms with Crippen molar-refractivity contribution in [2.45, 2.75) is 0 Å². The number of hydrazine groups is 2. The van der Waals surface area contributed by atoms with Gasteiger partial charge in [-0.25, -0.2) is 5.21 Å². The van der Waals surface area contributed by atoms with Crippen LogP contribution in [0.1, 0.15) is 0 Å². The summed E-state index contributed by atoms with van der Waals surface area (Å²) in [6, 6.07) is 0. The molecule has 1 heterocycles. The molecule has 1 fully saturated rings. The lowest BCUT2D eigenvalue weighted by molar-refractivity contribution is -0.849. The fourth-order valence-corrected chi connectivity index (χ4v) is 1.03. The van der Waals surface area contributed by atoms with E-state index in [1.165, 1.54) is 0 Å². The Kier molecular flexibility index (Phi) is 2.61. The zero-order valence-electron chi connectivity index (χ0n) is 6.53. The van der Waals surface area contributed by atoms with E-state index in [4.69, 9.17) is 5.21 Å². The highest BCUT2D eigenvalue weighted by Gasteiger charge is 2.18. The van der Waals surface area contributed by atoms with Gasteiger partial charge in [-0.05, 0) is 12.6 Å². The van der Waals surface area contributed by atoms with Crippen LogP contribution >= 0.6 is 0 Å². The first kappa shape index (κ1) is 8.22. The summed E-state index contributed by atoms with van der Waals surface area (Å²) in [5.74, 6) is 0. The van der Waals surface area contributed by atoms with Crippen LogP contribution in [0.5, 0.6) is 0 Å². The Balaban J connectivity index is 2.22. The maximum atomic E-state index is 10.1. The fourth-order valence-electron chi connectivity index (χ4n) is 1.03. The van der Waals surface area contributed by atoms with Gasteiger partial charge in [0.25, 0.3) is 0 Å². The van der Waals surface area contributed by atoms with Crippen molar-refractivity contribution in [1.82, 2.24) is 15.4 Å². The van der Waals surface area contributed by atoms with E-state index in [1.54, 1.807) is 5.01 Å². The largest absolute Gasteiger partial charge is 0.370 e. The second-order valence-corrected chi connectivity index (χ2v) is 2.66. The summed E-state index contributed by atoms with van der Waals surface area (Å²) in [6.07, 6.45) is 0. The molecule has 1 aliphatic heterocycles. The Labute approximate surface area is 64.9 Å². The highest BCUT2D eigenvalue weighted by Crippen LogP contribution is 1.94. The smallest absolute Gasteiger partial charge is 0.304 e. The maximum absolute atomic E-state index is 10.1. The van der Waals surface area contributed by atoms with Gasteiger partial charge < -0.3 is 4.90 Å². The van der Waals surface area contributed by atoms with Gasteiger partial charge in [-0.15, -0.1) is 0 Å². The monoisotopic (exact) mass is 161 g/mol. The average Bonchev–Trinajstić information content (AvgIpc) is 1.93. The van der Waals surface area contributed by atoms with Crippen molar-refractivity contribution in [1.29, 1.82) is 0 Å². The van der Waals surface area contributed by atoms with Crippen LogP contribution in [0.2, 0.25) is 0 Å². The van der Waals surface area contributed by atoms with Gasteiger partial charge in [0.1, 0.15) is 4.91 Å². The Hall–Kier alpha value is -0.880. The second-order valence-electron chi connectivity index (χ2n) is 2.66. The van der Waals surface area contributed by atoms with E-state index in [1.807, 2.05) is 7.05 Å². The molecular formula is C5H13N4O2+. The summed E-state index contributed by atoms with van der Waals surface area (Å²) in [5.41, 5.74) is 2.24. The molecule has 0 spiro atoms. The summed E-state index contributed by atoms with van der Waals surface area (Å²) in [5, 5.41) is 9.68. The summed E-state index contributed by atoms with van der Waals surface area (Å²) < 4.78 is 0. The molecule has 0 amide bonds. The predicted octanol–water partition coefficient (Wildman–Crippen LogP) is -1.18. The molecule has 11 heavy (non-hydrogen) atoms. The van der Waals surface area contributed by atoms with E-state index in [-0.39, 0.29) is 5.03 Å². The zero-order valence-corrected chi connectivity index (χ0v) is 6.53. The first-order valence-corrected chi connectivity index (χ1v) is 3.54. The highest BCUT2D eigenvalue weighted by molar-refractivity contribution is 4.63. The molecule has 0 atom stereocenters. The molecule has 0 aromatic rings. The summed E-state index contributed by atoms with van der Waals surface area (Å²) in [4.78, 5) is 12.3. The third kappa shape index (κ3) is 2.69. The molecule has 0 radical (unpaired) electrons. The van der Waals surface area contributed by atoms with Crippen LogP contribution in [0.25, 0.3) is 0 Å². The summed E-state index contributed by atoms with van der Waals surface area (Å²) >= 11 is 0. The van der Waals surface area contributed by atoms with Crippen molar-refractivity contribution >= 4 is 0 Å². The van der Waals surface area contributed by atoms with Gasteiger partial charge in [0, 0.05) is 26.2 Å². The van der Waals surface area contributed by atoms with Crippen molar-refractivity contribution in [2.75, 3.05) is 33.2 Å². The molecule has 6 nitrogen and oxygen atoms in total. The second kappa shape index (κ2) is 3.49. The van der Waals surface area contributed by atoms with Crippen molar-refractivity contribution in [3.63, 3.8) is 0 Å². The van der Waals surface area contributed by atoms with Gasteiger partial charge in [-0.1, -0.05) is 0 Å². The van der Waals surface area contributed by atoms with Gasteiger partial charge in [0.15, 0.2) is 0 Å². The van der Waals surface area contributed by atoms with Gasteiger partial charge in [0.05, 0.1) is 0 Å². The van der Waals surface area contributed by atoms with Gasteiger partial charge in [-0.2, -0.15) is 5.01 Å². The minimum absolute atomic E-state index is 0.272. The highest BCUT2D eigenvalue weighted by atomic mass is 16.7. The first-order chi connectivity index (χ1) is 5.18. The van der Waals surface area contributed by atoms with Crippen molar-refractivity contribution < 1.29 is 10.2 Å².